The maximum atomic E-state index is 12.3. The van der Waals surface area contributed by atoms with E-state index in [9.17, 15) is 4.79 Å². The Morgan fingerprint density at radius 1 is 1.25 bits per heavy atom. The van der Waals surface area contributed by atoms with Crippen LogP contribution in [0.4, 0.5) is 0 Å². The second kappa shape index (κ2) is 7.62. The van der Waals surface area contributed by atoms with Crippen molar-refractivity contribution in [2.75, 3.05) is 32.8 Å². The lowest BCUT2D eigenvalue weighted by molar-refractivity contribution is -0.122. The lowest BCUT2D eigenvalue weighted by Crippen LogP contribution is -2.38. The Labute approximate surface area is 148 Å². The molecule has 1 aliphatic carbocycles. The molecule has 1 saturated heterocycles. The number of piperidine rings is 1. The van der Waals surface area contributed by atoms with Gasteiger partial charge in [-0.3, -0.25) is 4.79 Å². The second-order valence-electron chi connectivity index (χ2n) is 6.81. The summed E-state index contributed by atoms with van der Waals surface area (Å²) in [5.41, 5.74) is 1.19. The van der Waals surface area contributed by atoms with Crippen LogP contribution in [0, 0.1) is 11.8 Å². The zero-order chi connectivity index (χ0) is 15.6. The molecule has 1 aromatic carbocycles. The summed E-state index contributed by atoms with van der Waals surface area (Å²) in [5, 5.41) is 6.53. The highest BCUT2D eigenvalue weighted by Crippen LogP contribution is 2.49. The number of amides is 1. The van der Waals surface area contributed by atoms with Crippen molar-refractivity contribution in [3.05, 3.63) is 23.8 Å². The van der Waals surface area contributed by atoms with Gasteiger partial charge in [0.1, 0.15) is 13.2 Å². The Hall–Kier alpha value is -1.46. The van der Waals surface area contributed by atoms with E-state index < -0.39 is 0 Å². The maximum absolute atomic E-state index is 12.3. The average Bonchev–Trinajstić information content (AvgIpc) is 3.41. The highest BCUT2D eigenvalue weighted by molar-refractivity contribution is 5.85. The van der Waals surface area contributed by atoms with E-state index in [1.807, 2.05) is 12.1 Å². The monoisotopic (exact) mass is 352 g/mol. The molecule has 2 fully saturated rings. The molecule has 2 N–H and O–H groups in total. The van der Waals surface area contributed by atoms with Crippen LogP contribution in [0.25, 0.3) is 0 Å². The van der Waals surface area contributed by atoms with Crippen molar-refractivity contribution in [3.8, 4) is 11.5 Å². The zero-order valence-electron chi connectivity index (χ0n) is 13.8. The highest BCUT2D eigenvalue weighted by Gasteiger charge is 2.44. The van der Waals surface area contributed by atoms with E-state index >= 15 is 0 Å². The first-order chi connectivity index (χ1) is 11.3. The van der Waals surface area contributed by atoms with E-state index in [1.54, 1.807) is 0 Å². The number of halogens is 1. The normalized spacial score (nSPS) is 27.8. The van der Waals surface area contributed by atoms with E-state index in [1.165, 1.54) is 18.4 Å². The Balaban J connectivity index is 0.00000169. The molecule has 24 heavy (non-hydrogen) atoms. The van der Waals surface area contributed by atoms with Gasteiger partial charge in [-0.2, -0.15) is 0 Å². The molecule has 2 aliphatic heterocycles. The molecular weight excluding hydrogens is 328 g/mol. The molecular formula is C18H25ClN2O3. The van der Waals surface area contributed by atoms with E-state index in [0.29, 0.717) is 25.0 Å². The first kappa shape index (κ1) is 17.4. The Morgan fingerprint density at radius 2 is 2.08 bits per heavy atom. The van der Waals surface area contributed by atoms with Gasteiger partial charge in [-0.05, 0) is 61.9 Å². The number of benzene rings is 1. The number of carbonyl (C=O) groups excluding carboxylic acids is 1. The molecule has 6 heteroatoms. The van der Waals surface area contributed by atoms with Gasteiger partial charge >= 0.3 is 0 Å². The topological polar surface area (TPSA) is 59.6 Å². The molecule has 2 heterocycles. The molecule has 0 spiro atoms. The van der Waals surface area contributed by atoms with Gasteiger partial charge in [0.05, 0.1) is 0 Å². The third-order valence-electron chi connectivity index (χ3n) is 5.09. The van der Waals surface area contributed by atoms with Crippen molar-refractivity contribution in [2.24, 2.45) is 11.8 Å². The molecule has 3 unspecified atom stereocenters. The van der Waals surface area contributed by atoms with Crippen molar-refractivity contribution < 1.29 is 14.3 Å². The third-order valence-corrected chi connectivity index (χ3v) is 5.09. The SMILES string of the molecule is Cl.O=C(NCC1CCCNC1)C1CC1c1ccc2c(c1)OCCO2. The fourth-order valence-electron chi connectivity index (χ4n) is 3.62. The van der Waals surface area contributed by atoms with Crippen molar-refractivity contribution >= 4 is 18.3 Å². The number of rotatable bonds is 4. The van der Waals surface area contributed by atoms with Gasteiger partial charge in [-0.15, -0.1) is 12.4 Å². The highest BCUT2D eigenvalue weighted by atomic mass is 35.5. The molecule has 0 aromatic heterocycles. The largest absolute Gasteiger partial charge is 0.486 e. The summed E-state index contributed by atoms with van der Waals surface area (Å²) in [7, 11) is 0. The molecule has 0 bridgehead atoms. The summed E-state index contributed by atoms with van der Waals surface area (Å²) < 4.78 is 11.2. The summed E-state index contributed by atoms with van der Waals surface area (Å²) in [6, 6.07) is 6.07. The van der Waals surface area contributed by atoms with Crippen molar-refractivity contribution in [2.45, 2.75) is 25.2 Å². The lowest BCUT2D eigenvalue weighted by atomic mass is 9.99. The van der Waals surface area contributed by atoms with Crippen LogP contribution >= 0.6 is 12.4 Å². The average molecular weight is 353 g/mol. The van der Waals surface area contributed by atoms with Gasteiger partial charge in [0.2, 0.25) is 5.91 Å². The van der Waals surface area contributed by atoms with Gasteiger partial charge in [0.25, 0.3) is 0 Å². The number of nitrogens with one attached hydrogen (secondary N) is 2. The van der Waals surface area contributed by atoms with E-state index in [-0.39, 0.29) is 24.2 Å². The van der Waals surface area contributed by atoms with Gasteiger partial charge in [-0.25, -0.2) is 0 Å². The Morgan fingerprint density at radius 3 is 2.88 bits per heavy atom. The molecule has 0 radical (unpaired) electrons. The molecule has 1 amide bonds. The fourth-order valence-corrected chi connectivity index (χ4v) is 3.62. The number of hydrogen-bond donors (Lipinski definition) is 2. The third kappa shape index (κ3) is 3.78. The first-order valence-corrected chi connectivity index (χ1v) is 8.69. The van der Waals surface area contributed by atoms with Crippen LogP contribution in [0.2, 0.25) is 0 Å². The van der Waals surface area contributed by atoms with Crippen LogP contribution < -0.4 is 20.1 Å². The minimum absolute atomic E-state index is 0. The summed E-state index contributed by atoms with van der Waals surface area (Å²) in [4.78, 5) is 12.3. The number of carbonyl (C=O) groups is 1. The molecule has 1 saturated carbocycles. The van der Waals surface area contributed by atoms with Crippen LogP contribution in [0.3, 0.4) is 0 Å². The quantitative estimate of drug-likeness (QED) is 0.871. The zero-order valence-corrected chi connectivity index (χ0v) is 14.6. The maximum Gasteiger partial charge on any atom is 0.223 e. The van der Waals surface area contributed by atoms with Crippen molar-refractivity contribution in [1.29, 1.82) is 0 Å². The van der Waals surface area contributed by atoms with Crippen LogP contribution in [-0.4, -0.2) is 38.8 Å². The van der Waals surface area contributed by atoms with Crippen LogP contribution in [-0.2, 0) is 4.79 Å². The Bertz CT molecular complexity index is 590. The molecule has 3 aliphatic rings. The van der Waals surface area contributed by atoms with Gasteiger partial charge < -0.3 is 20.1 Å². The number of hydrogen-bond acceptors (Lipinski definition) is 4. The van der Waals surface area contributed by atoms with Crippen LogP contribution in [0.5, 0.6) is 11.5 Å². The molecule has 132 valence electrons. The standard InChI is InChI=1S/C18H24N2O3.ClH/c21-18(20-11-12-2-1-5-19-10-12)15-9-14(15)13-3-4-16-17(8-13)23-7-6-22-16;/h3-4,8,12,14-15,19H,1-2,5-7,9-11H2,(H,20,21);1H. The van der Waals surface area contributed by atoms with Gasteiger partial charge in [0.15, 0.2) is 11.5 Å². The summed E-state index contributed by atoms with van der Waals surface area (Å²) in [6.07, 6.45) is 3.36. The van der Waals surface area contributed by atoms with Crippen molar-refractivity contribution in [3.63, 3.8) is 0 Å². The summed E-state index contributed by atoms with van der Waals surface area (Å²) in [6.45, 7) is 4.14. The predicted molar refractivity (Wildman–Crippen MR) is 94.1 cm³/mol. The van der Waals surface area contributed by atoms with E-state index in [4.69, 9.17) is 9.47 Å². The van der Waals surface area contributed by atoms with Crippen molar-refractivity contribution in [1.82, 2.24) is 10.6 Å². The summed E-state index contributed by atoms with van der Waals surface area (Å²) >= 11 is 0. The Kier molecular flexibility index (Phi) is 5.51. The summed E-state index contributed by atoms with van der Waals surface area (Å²) in [5.74, 6) is 2.86. The molecule has 3 atom stereocenters. The van der Waals surface area contributed by atoms with Crippen LogP contribution in [0.15, 0.2) is 18.2 Å². The predicted octanol–water partition coefficient (Wildman–Crippen LogP) is 2.10. The number of ether oxygens (including phenoxy) is 2. The second-order valence-corrected chi connectivity index (χ2v) is 6.81. The van der Waals surface area contributed by atoms with E-state index in [2.05, 4.69) is 16.7 Å². The van der Waals surface area contributed by atoms with Gasteiger partial charge in [0, 0.05) is 12.5 Å². The lowest BCUT2D eigenvalue weighted by Gasteiger charge is -2.22. The molecule has 5 nitrogen and oxygen atoms in total. The molecule has 1 aromatic rings. The van der Waals surface area contributed by atoms with Gasteiger partial charge in [-0.1, -0.05) is 6.07 Å². The first-order valence-electron chi connectivity index (χ1n) is 8.69. The fraction of sp³-hybridized carbons (Fsp3) is 0.611. The van der Waals surface area contributed by atoms with E-state index in [0.717, 1.165) is 37.6 Å². The number of fused-ring (bicyclic) bond motifs is 1. The van der Waals surface area contributed by atoms with Crippen LogP contribution in [0.1, 0.15) is 30.7 Å². The molecule has 4 rings (SSSR count). The minimum atomic E-state index is 0. The smallest absolute Gasteiger partial charge is 0.223 e. The minimum Gasteiger partial charge on any atom is -0.486 e.